The van der Waals surface area contributed by atoms with Crippen molar-refractivity contribution in [1.29, 1.82) is 0 Å². The largest absolute Gasteiger partial charge is 0.478 e. The van der Waals surface area contributed by atoms with E-state index in [0.717, 1.165) is 28.7 Å². The van der Waals surface area contributed by atoms with Crippen molar-refractivity contribution in [2.45, 2.75) is 45.6 Å². The average Bonchev–Trinajstić information content (AvgIpc) is 3.47. The van der Waals surface area contributed by atoms with Gasteiger partial charge in [0.05, 0.1) is 6.54 Å². The fourth-order valence-electron chi connectivity index (χ4n) is 3.48. The summed E-state index contributed by atoms with van der Waals surface area (Å²) in [5, 5.41) is 28.2. The maximum Gasteiger partial charge on any atom is 0.348 e. The Hall–Kier alpha value is -3.50. The van der Waals surface area contributed by atoms with Crippen LogP contribution >= 0.6 is 11.6 Å². The third-order valence-electron chi connectivity index (χ3n) is 5.20. The summed E-state index contributed by atoms with van der Waals surface area (Å²) in [7, 11) is 0. The van der Waals surface area contributed by atoms with Crippen LogP contribution in [0, 0.1) is 0 Å². The molecule has 4 rings (SSSR count). The number of aliphatic hydroxyl groups excluding tert-OH is 1. The Bertz CT molecular complexity index is 1240. The molecule has 0 spiro atoms. The first-order valence-electron chi connectivity index (χ1n) is 10.6. The minimum Gasteiger partial charge on any atom is -0.478 e. The number of aromatic nitrogens is 7. The van der Waals surface area contributed by atoms with Gasteiger partial charge in [-0.1, -0.05) is 55.3 Å². The predicted molar refractivity (Wildman–Crippen MR) is 121 cm³/mol. The lowest BCUT2D eigenvalue weighted by Crippen LogP contribution is -2.26. The topological polar surface area (TPSA) is 124 Å². The molecule has 10 nitrogen and oxygen atoms in total. The van der Waals surface area contributed by atoms with E-state index in [1.165, 1.54) is 0 Å². The lowest BCUT2D eigenvalue weighted by molar-refractivity contribution is 0.189. The van der Waals surface area contributed by atoms with Crippen molar-refractivity contribution < 1.29 is 9.84 Å². The summed E-state index contributed by atoms with van der Waals surface area (Å²) in [6, 6.07) is 14.7. The number of hydrogen-bond donors (Lipinski definition) is 2. The Labute approximate surface area is 194 Å². The van der Waals surface area contributed by atoms with Crippen molar-refractivity contribution in [1.82, 2.24) is 35.0 Å². The Morgan fingerprint density at radius 1 is 1.18 bits per heavy atom. The first kappa shape index (κ1) is 22.7. The number of nitrogens with one attached hydrogen (secondary N) is 1. The summed E-state index contributed by atoms with van der Waals surface area (Å²) in [5.74, 6) is 1.67. The second kappa shape index (κ2) is 10.4. The second-order valence-corrected chi connectivity index (χ2v) is 7.89. The van der Waals surface area contributed by atoms with Crippen LogP contribution in [0.2, 0.25) is 5.02 Å². The molecule has 4 aromatic rings. The molecule has 0 aliphatic carbocycles. The molecule has 0 bridgehead atoms. The van der Waals surface area contributed by atoms with E-state index in [4.69, 9.17) is 16.3 Å². The molecule has 2 aromatic heterocycles. The van der Waals surface area contributed by atoms with E-state index >= 15 is 0 Å². The van der Waals surface area contributed by atoms with Gasteiger partial charge in [0.25, 0.3) is 0 Å². The highest BCUT2D eigenvalue weighted by molar-refractivity contribution is 6.31. The van der Waals surface area contributed by atoms with Gasteiger partial charge in [0, 0.05) is 17.0 Å². The van der Waals surface area contributed by atoms with Crippen molar-refractivity contribution in [3.8, 4) is 5.75 Å². The van der Waals surface area contributed by atoms with E-state index in [-0.39, 0.29) is 5.69 Å². The molecule has 33 heavy (non-hydrogen) atoms. The van der Waals surface area contributed by atoms with E-state index in [2.05, 4.69) is 32.6 Å². The number of ether oxygens (including phenoxy) is 1. The third-order valence-corrected chi connectivity index (χ3v) is 5.55. The second-order valence-electron chi connectivity index (χ2n) is 7.48. The van der Waals surface area contributed by atoms with Crippen LogP contribution in [0.3, 0.4) is 0 Å². The molecule has 0 saturated carbocycles. The van der Waals surface area contributed by atoms with Crippen LogP contribution in [-0.4, -0.2) is 40.1 Å². The van der Waals surface area contributed by atoms with Gasteiger partial charge in [0.1, 0.15) is 18.3 Å². The number of hydrogen-bond acceptors (Lipinski definition) is 7. The van der Waals surface area contributed by atoms with Gasteiger partial charge in [-0.05, 0) is 40.6 Å². The number of aromatic amines is 1. The van der Waals surface area contributed by atoms with Gasteiger partial charge in [0.15, 0.2) is 11.9 Å². The predicted octanol–water partition coefficient (Wildman–Crippen LogP) is 2.72. The van der Waals surface area contributed by atoms with Crippen molar-refractivity contribution in [2.75, 3.05) is 0 Å². The maximum absolute atomic E-state index is 12.6. The Morgan fingerprint density at radius 3 is 2.64 bits per heavy atom. The molecule has 1 atom stereocenters. The molecule has 0 aliphatic heterocycles. The molecule has 1 unspecified atom stereocenters. The molecule has 0 saturated heterocycles. The van der Waals surface area contributed by atoms with Gasteiger partial charge >= 0.3 is 5.69 Å². The number of nitrogens with zero attached hydrogens (tertiary/aromatic N) is 6. The summed E-state index contributed by atoms with van der Waals surface area (Å²) in [6.07, 6.45) is 1.95. The van der Waals surface area contributed by atoms with Crippen molar-refractivity contribution in [3.63, 3.8) is 0 Å². The lowest BCUT2D eigenvalue weighted by Gasteiger charge is -2.18. The molecule has 2 heterocycles. The summed E-state index contributed by atoms with van der Waals surface area (Å²) < 4.78 is 8.84. The minimum atomic E-state index is -0.620. The summed E-state index contributed by atoms with van der Waals surface area (Å²) in [4.78, 5) is 12.6. The molecule has 11 heteroatoms. The number of halogens is 1. The van der Waals surface area contributed by atoms with Gasteiger partial charge in [0.2, 0.25) is 0 Å². The van der Waals surface area contributed by atoms with Crippen molar-refractivity contribution >= 4 is 11.6 Å². The normalized spacial score (nSPS) is 12.1. The molecule has 0 amide bonds. The number of tetrazole rings is 1. The fourth-order valence-corrected chi connectivity index (χ4v) is 3.72. The van der Waals surface area contributed by atoms with Gasteiger partial charge < -0.3 is 9.84 Å². The van der Waals surface area contributed by atoms with E-state index in [0.29, 0.717) is 35.4 Å². The lowest BCUT2D eigenvalue weighted by atomic mass is 10.1. The zero-order valence-electron chi connectivity index (χ0n) is 18.1. The zero-order chi connectivity index (χ0) is 23.2. The van der Waals surface area contributed by atoms with E-state index in [1.54, 1.807) is 10.6 Å². The van der Waals surface area contributed by atoms with Gasteiger partial charge in [-0.25, -0.2) is 9.89 Å². The van der Waals surface area contributed by atoms with Gasteiger partial charge in [-0.3, -0.25) is 4.57 Å². The van der Waals surface area contributed by atoms with E-state index < -0.39 is 12.8 Å². The Balaban J connectivity index is 1.56. The summed E-state index contributed by atoms with van der Waals surface area (Å²) in [6.45, 7) is 1.98. The zero-order valence-corrected chi connectivity index (χ0v) is 18.8. The third kappa shape index (κ3) is 5.12. The molecule has 0 aliphatic rings. The quantitative estimate of drug-likeness (QED) is 0.366. The van der Waals surface area contributed by atoms with Crippen LogP contribution < -0.4 is 10.4 Å². The minimum absolute atomic E-state index is 0.333. The molecule has 172 valence electrons. The monoisotopic (exact) mass is 469 g/mol. The highest BCUT2D eigenvalue weighted by Crippen LogP contribution is 2.30. The van der Waals surface area contributed by atoms with Crippen LogP contribution in [0.1, 0.15) is 48.6 Å². The molecule has 0 fully saturated rings. The van der Waals surface area contributed by atoms with Gasteiger partial charge in [-0.15, -0.1) is 5.10 Å². The average molecular weight is 470 g/mol. The number of rotatable bonds is 10. The number of H-pyrrole nitrogens is 1. The van der Waals surface area contributed by atoms with Crippen LogP contribution in [0.25, 0.3) is 0 Å². The first-order chi connectivity index (χ1) is 16.1. The number of benzene rings is 2. The standard InChI is InChI=1S/C22H24ClN7O3/c1-2-3-8-19-26-30(14-31)22(32)29(19)13-15-9-11-16(12-10-15)33-20(21-24-27-28-25-21)17-6-4-5-7-18(17)23/h4-7,9-12,20,31H,2-3,8,13-14H2,1H3,(H,24,25,27,28). The Morgan fingerprint density at radius 2 is 1.97 bits per heavy atom. The molecule has 2 N–H and O–H groups in total. The SMILES string of the molecule is CCCCc1nn(CO)c(=O)n1Cc1ccc(OC(c2nnn[nH]2)c2ccccc2Cl)cc1. The summed E-state index contributed by atoms with van der Waals surface area (Å²) >= 11 is 6.38. The highest BCUT2D eigenvalue weighted by atomic mass is 35.5. The van der Waals surface area contributed by atoms with Crippen LogP contribution in [0.4, 0.5) is 0 Å². The molecular weight excluding hydrogens is 446 g/mol. The fraction of sp³-hybridized carbons (Fsp3) is 0.318. The molecule has 2 aromatic carbocycles. The maximum atomic E-state index is 12.6. The first-order valence-corrected chi connectivity index (χ1v) is 11.0. The van der Waals surface area contributed by atoms with Gasteiger partial charge in [-0.2, -0.15) is 9.78 Å². The number of aliphatic hydroxyl groups is 1. The smallest absolute Gasteiger partial charge is 0.348 e. The van der Waals surface area contributed by atoms with Crippen LogP contribution in [0.5, 0.6) is 5.75 Å². The van der Waals surface area contributed by atoms with Crippen LogP contribution in [-0.2, 0) is 19.7 Å². The van der Waals surface area contributed by atoms with Crippen molar-refractivity contribution in [3.05, 3.63) is 86.8 Å². The summed E-state index contributed by atoms with van der Waals surface area (Å²) in [5.41, 5.74) is 1.29. The van der Waals surface area contributed by atoms with E-state index in [9.17, 15) is 9.90 Å². The number of unbranched alkanes of at least 4 members (excludes halogenated alkanes) is 1. The van der Waals surface area contributed by atoms with Crippen molar-refractivity contribution in [2.24, 2.45) is 0 Å². The highest BCUT2D eigenvalue weighted by Gasteiger charge is 2.22. The molecule has 0 radical (unpaired) electrons. The van der Waals surface area contributed by atoms with Crippen LogP contribution in [0.15, 0.2) is 53.3 Å². The number of aryl methyl sites for hydroxylation is 1. The molecular formula is C22H24ClN7O3. The Kier molecular flexibility index (Phi) is 7.16. The van der Waals surface area contributed by atoms with E-state index in [1.807, 2.05) is 42.5 Å².